The standard InChI is InChI=1S/C14H20N2O4/c1-14(2,18)13(17)16-15-8-10-5-6-12(20-4)11(7-10)9-19-3/h5-8,18H,9H2,1-4H3,(H,16,17). The fourth-order valence-electron chi connectivity index (χ4n) is 1.45. The van der Waals surface area contributed by atoms with Gasteiger partial charge in [-0.1, -0.05) is 0 Å². The van der Waals surface area contributed by atoms with E-state index in [1.807, 2.05) is 6.07 Å². The van der Waals surface area contributed by atoms with Crippen LogP contribution in [0.5, 0.6) is 5.75 Å². The van der Waals surface area contributed by atoms with Crippen molar-refractivity contribution in [1.82, 2.24) is 5.43 Å². The summed E-state index contributed by atoms with van der Waals surface area (Å²) in [4.78, 5) is 11.4. The fraction of sp³-hybridized carbons (Fsp3) is 0.429. The fourth-order valence-corrected chi connectivity index (χ4v) is 1.45. The van der Waals surface area contributed by atoms with Gasteiger partial charge in [0.1, 0.15) is 11.4 Å². The van der Waals surface area contributed by atoms with Gasteiger partial charge in [0.05, 0.1) is 19.9 Å². The average molecular weight is 280 g/mol. The Balaban J connectivity index is 2.78. The van der Waals surface area contributed by atoms with Crippen LogP contribution in [0.3, 0.4) is 0 Å². The molecule has 1 aromatic carbocycles. The second kappa shape index (κ2) is 7.02. The molecule has 110 valence electrons. The predicted molar refractivity (Wildman–Crippen MR) is 75.7 cm³/mol. The third-order valence-electron chi connectivity index (χ3n) is 2.54. The Morgan fingerprint density at radius 1 is 1.45 bits per heavy atom. The molecule has 0 aliphatic rings. The van der Waals surface area contributed by atoms with E-state index in [4.69, 9.17) is 9.47 Å². The molecule has 0 aliphatic carbocycles. The number of nitrogens with zero attached hydrogens (tertiary/aromatic N) is 1. The van der Waals surface area contributed by atoms with Crippen LogP contribution < -0.4 is 10.2 Å². The summed E-state index contributed by atoms with van der Waals surface area (Å²) in [6, 6.07) is 5.45. The molecule has 1 amide bonds. The number of nitrogens with one attached hydrogen (secondary N) is 1. The van der Waals surface area contributed by atoms with Gasteiger partial charge in [0.15, 0.2) is 0 Å². The molecule has 0 fully saturated rings. The summed E-state index contributed by atoms with van der Waals surface area (Å²) >= 11 is 0. The lowest BCUT2D eigenvalue weighted by Crippen LogP contribution is -2.39. The maximum absolute atomic E-state index is 11.4. The van der Waals surface area contributed by atoms with Crippen LogP contribution in [0.1, 0.15) is 25.0 Å². The molecule has 0 spiro atoms. The van der Waals surface area contributed by atoms with Gasteiger partial charge in [0.2, 0.25) is 0 Å². The molecule has 0 heterocycles. The van der Waals surface area contributed by atoms with Crippen LogP contribution in [0.15, 0.2) is 23.3 Å². The lowest BCUT2D eigenvalue weighted by atomic mass is 10.1. The van der Waals surface area contributed by atoms with Gasteiger partial charge in [-0.25, -0.2) is 5.43 Å². The number of ether oxygens (including phenoxy) is 2. The summed E-state index contributed by atoms with van der Waals surface area (Å²) in [6.07, 6.45) is 1.49. The maximum Gasteiger partial charge on any atom is 0.271 e. The highest BCUT2D eigenvalue weighted by molar-refractivity contribution is 5.86. The smallest absolute Gasteiger partial charge is 0.271 e. The van der Waals surface area contributed by atoms with Gasteiger partial charge in [-0.05, 0) is 37.6 Å². The number of rotatable bonds is 6. The van der Waals surface area contributed by atoms with E-state index in [0.29, 0.717) is 6.61 Å². The summed E-state index contributed by atoms with van der Waals surface area (Å²) in [5, 5.41) is 13.2. The number of hydrogen-bond acceptors (Lipinski definition) is 5. The Bertz CT molecular complexity index is 492. The number of carbonyl (C=O) groups is 1. The normalized spacial score (nSPS) is 11.7. The molecule has 0 saturated carbocycles. The highest BCUT2D eigenvalue weighted by atomic mass is 16.5. The number of methoxy groups -OCH3 is 2. The number of hydrogen-bond donors (Lipinski definition) is 2. The summed E-state index contributed by atoms with van der Waals surface area (Å²) in [7, 11) is 3.19. The first kappa shape index (κ1) is 16.1. The van der Waals surface area contributed by atoms with Gasteiger partial charge in [0, 0.05) is 12.7 Å². The second-order valence-corrected chi connectivity index (χ2v) is 4.76. The quantitative estimate of drug-likeness (QED) is 0.603. The Morgan fingerprint density at radius 3 is 2.70 bits per heavy atom. The van der Waals surface area contributed by atoms with Gasteiger partial charge in [-0.3, -0.25) is 4.79 Å². The van der Waals surface area contributed by atoms with E-state index in [9.17, 15) is 9.90 Å². The molecule has 0 radical (unpaired) electrons. The second-order valence-electron chi connectivity index (χ2n) is 4.76. The SMILES string of the molecule is COCc1cc(C=NNC(=O)C(C)(C)O)ccc1OC. The zero-order valence-electron chi connectivity index (χ0n) is 12.1. The van der Waals surface area contributed by atoms with E-state index in [-0.39, 0.29) is 0 Å². The van der Waals surface area contributed by atoms with Gasteiger partial charge in [-0.15, -0.1) is 0 Å². The summed E-state index contributed by atoms with van der Waals surface area (Å²) in [5.41, 5.74) is 2.48. The molecule has 2 N–H and O–H groups in total. The van der Waals surface area contributed by atoms with Crippen molar-refractivity contribution >= 4 is 12.1 Å². The highest BCUT2D eigenvalue weighted by Crippen LogP contribution is 2.19. The van der Waals surface area contributed by atoms with Crippen molar-refractivity contribution in [2.24, 2.45) is 5.10 Å². The van der Waals surface area contributed by atoms with E-state index in [2.05, 4.69) is 10.5 Å². The van der Waals surface area contributed by atoms with Crippen molar-refractivity contribution in [3.8, 4) is 5.75 Å². The Labute approximate surface area is 118 Å². The number of hydrazone groups is 1. The van der Waals surface area contributed by atoms with Crippen LogP contribution >= 0.6 is 0 Å². The third kappa shape index (κ3) is 4.64. The summed E-state index contributed by atoms with van der Waals surface area (Å²) in [5.74, 6) is 0.156. The molecule has 0 aromatic heterocycles. The van der Waals surface area contributed by atoms with Gasteiger partial charge >= 0.3 is 0 Å². The first-order valence-electron chi connectivity index (χ1n) is 6.10. The molecule has 0 aliphatic heterocycles. The zero-order valence-corrected chi connectivity index (χ0v) is 12.1. The lowest BCUT2D eigenvalue weighted by molar-refractivity contribution is -0.136. The van der Waals surface area contributed by atoms with E-state index < -0.39 is 11.5 Å². The minimum Gasteiger partial charge on any atom is -0.496 e. The number of amides is 1. The Morgan fingerprint density at radius 2 is 2.15 bits per heavy atom. The maximum atomic E-state index is 11.4. The number of benzene rings is 1. The minimum atomic E-state index is -1.46. The largest absolute Gasteiger partial charge is 0.496 e. The molecule has 1 aromatic rings. The molecule has 0 saturated heterocycles. The van der Waals surface area contributed by atoms with Gasteiger partial charge in [-0.2, -0.15) is 5.10 Å². The van der Waals surface area contributed by atoms with Gasteiger partial charge < -0.3 is 14.6 Å². The predicted octanol–water partition coefficient (Wildman–Crippen LogP) is 1.06. The molecule has 1 rings (SSSR count). The molecule has 0 atom stereocenters. The average Bonchev–Trinajstić information content (AvgIpc) is 2.38. The highest BCUT2D eigenvalue weighted by Gasteiger charge is 2.22. The number of aliphatic hydroxyl groups is 1. The molecule has 0 bridgehead atoms. The van der Waals surface area contributed by atoms with Gasteiger partial charge in [0.25, 0.3) is 5.91 Å². The first-order chi connectivity index (χ1) is 9.38. The third-order valence-corrected chi connectivity index (χ3v) is 2.54. The molecular weight excluding hydrogens is 260 g/mol. The molecular formula is C14H20N2O4. The van der Waals surface area contributed by atoms with E-state index in [1.165, 1.54) is 20.1 Å². The Kier molecular flexibility index (Phi) is 5.66. The molecule has 0 unspecified atom stereocenters. The van der Waals surface area contributed by atoms with Crippen LogP contribution in [0.2, 0.25) is 0 Å². The van der Waals surface area contributed by atoms with Crippen LogP contribution in [0.4, 0.5) is 0 Å². The molecule has 20 heavy (non-hydrogen) atoms. The topological polar surface area (TPSA) is 80.2 Å². The van der Waals surface area contributed by atoms with Crippen molar-refractivity contribution in [2.75, 3.05) is 14.2 Å². The van der Waals surface area contributed by atoms with Crippen molar-refractivity contribution < 1.29 is 19.4 Å². The Hall–Kier alpha value is -1.92. The van der Waals surface area contributed by atoms with Crippen molar-refractivity contribution in [1.29, 1.82) is 0 Å². The van der Waals surface area contributed by atoms with E-state index in [0.717, 1.165) is 16.9 Å². The first-order valence-corrected chi connectivity index (χ1v) is 6.10. The molecule has 6 nitrogen and oxygen atoms in total. The lowest BCUT2D eigenvalue weighted by Gasteiger charge is -2.13. The molecule has 6 heteroatoms. The minimum absolute atomic E-state index is 0.418. The summed E-state index contributed by atoms with van der Waals surface area (Å²) in [6.45, 7) is 3.20. The van der Waals surface area contributed by atoms with Crippen LogP contribution in [-0.4, -0.2) is 37.0 Å². The monoisotopic (exact) mass is 280 g/mol. The summed E-state index contributed by atoms with van der Waals surface area (Å²) < 4.78 is 10.3. The van der Waals surface area contributed by atoms with Crippen molar-refractivity contribution in [2.45, 2.75) is 26.1 Å². The van der Waals surface area contributed by atoms with Crippen LogP contribution in [-0.2, 0) is 16.1 Å². The van der Waals surface area contributed by atoms with Crippen molar-refractivity contribution in [3.05, 3.63) is 29.3 Å². The van der Waals surface area contributed by atoms with Crippen molar-refractivity contribution in [3.63, 3.8) is 0 Å². The van der Waals surface area contributed by atoms with Crippen LogP contribution in [0, 0.1) is 0 Å². The van der Waals surface area contributed by atoms with E-state index in [1.54, 1.807) is 26.4 Å². The van der Waals surface area contributed by atoms with E-state index >= 15 is 0 Å². The van der Waals surface area contributed by atoms with Crippen LogP contribution in [0.25, 0.3) is 0 Å². The zero-order chi connectivity index (χ0) is 15.2. The number of carbonyl (C=O) groups excluding carboxylic acids is 1.